The molecular weight excluding hydrogens is 727 g/mol. The summed E-state index contributed by atoms with van der Waals surface area (Å²) in [5.41, 5.74) is 10.1. The first kappa shape index (κ1) is 35.7. The third kappa shape index (κ3) is 5.54. The van der Waals surface area contributed by atoms with E-state index in [1.54, 1.807) is 0 Å². The Morgan fingerprint density at radius 2 is 0.917 bits per heavy atom. The third-order valence-corrected chi connectivity index (χ3v) is 12.6. The fraction of sp³-hybridized carbons (Fsp3) is 0.0702. The SMILES string of the molecule is C=CC1=C(/C=C\C)c2cccc(-c3ccc(-c4nc(-c5ccc6c(ccc7ccccc76)c5)nc(-c5ccc6c(ccc7ccccc76)c5)n4)c4ccccc34)c2C1(C)C. The summed E-state index contributed by atoms with van der Waals surface area (Å²) >= 11 is 0. The molecule has 0 unspecified atom stereocenters. The molecule has 1 aliphatic carbocycles. The number of nitrogens with zero attached hydrogens (tertiary/aromatic N) is 3. The van der Waals surface area contributed by atoms with Gasteiger partial charge in [-0.05, 0) is 112 Å². The van der Waals surface area contributed by atoms with E-state index in [1.807, 2.05) is 6.08 Å². The lowest BCUT2D eigenvalue weighted by Crippen LogP contribution is -2.17. The van der Waals surface area contributed by atoms with Crippen LogP contribution < -0.4 is 0 Å². The molecule has 0 N–H and O–H groups in total. The highest BCUT2D eigenvalue weighted by Gasteiger charge is 2.37. The van der Waals surface area contributed by atoms with Crippen molar-refractivity contribution in [1.29, 1.82) is 0 Å². The summed E-state index contributed by atoms with van der Waals surface area (Å²) in [6.07, 6.45) is 6.38. The van der Waals surface area contributed by atoms with Crippen LogP contribution in [0.3, 0.4) is 0 Å². The van der Waals surface area contributed by atoms with E-state index in [0.29, 0.717) is 17.5 Å². The first-order chi connectivity index (χ1) is 29.4. The van der Waals surface area contributed by atoms with Gasteiger partial charge in [-0.15, -0.1) is 0 Å². The zero-order valence-corrected chi connectivity index (χ0v) is 33.9. The van der Waals surface area contributed by atoms with E-state index in [-0.39, 0.29) is 5.41 Å². The number of fused-ring (bicyclic) bond motifs is 8. The van der Waals surface area contributed by atoms with Crippen LogP contribution in [0.1, 0.15) is 31.9 Å². The van der Waals surface area contributed by atoms with Crippen molar-refractivity contribution in [2.75, 3.05) is 0 Å². The lowest BCUT2D eigenvalue weighted by Gasteiger charge is -2.26. The Hall–Kier alpha value is -7.49. The number of hydrogen-bond acceptors (Lipinski definition) is 3. The van der Waals surface area contributed by atoms with E-state index in [2.05, 4.69) is 203 Å². The fourth-order valence-corrected chi connectivity index (χ4v) is 9.79. The summed E-state index contributed by atoms with van der Waals surface area (Å²) in [4.78, 5) is 15.9. The molecule has 0 saturated carbocycles. The molecule has 1 aliphatic rings. The van der Waals surface area contributed by atoms with E-state index < -0.39 is 0 Å². The Morgan fingerprint density at radius 1 is 0.433 bits per heavy atom. The molecule has 0 amide bonds. The van der Waals surface area contributed by atoms with Gasteiger partial charge in [0.15, 0.2) is 17.5 Å². The molecule has 0 saturated heterocycles. The monoisotopic (exact) mass is 767 g/mol. The van der Waals surface area contributed by atoms with E-state index >= 15 is 0 Å². The van der Waals surface area contributed by atoms with E-state index in [4.69, 9.17) is 15.0 Å². The molecule has 284 valence electrons. The highest BCUT2D eigenvalue weighted by atomic mass is 15.0. The minimum absolute atomic E-state index is 0.224. The van der Waals surface area contributed by atoms with Crippen LogP contribution in [-0.2, 0) is 5.41 Å². The molecule has 10 aromatic rings. The Labute approximate surface area is 349 Å². The Balaban J connectivity index is 1.12. The second-order valence-electron chi connectivity index (χ2n) is 16.3. The summed E-state index contributed by atoms with van der Waals surface area (Å²) in [5.74, 6) is 1.91. The summed E-state index contributed by atoms with van der Waals surface area (Å²) < 4.78 is 0. The smallest absolute Gasteiger partial charge is 0.164 e. The maximum Gasteiger partial charge on any atom is 0.164 e. The van der Waals surface area contributed by atoms with Crippen molar-refractivity contribution in [3.63, 3.8) is 0 Å². The molecule has 3 nitrogen and oxygen atoms in total. The molecule has 0 aliphatic heterocycles. The minimum atomic E-state index is -0.224. The van der Waals surface area contributed by atoms with E-state index in [9.17, 15) is 0 Å². The van der Waals surface area contributed by atoms with Gasteiger partial charge in [-0.3, -0.25) is 0 Å². The normalized spacial score (nSPS) is 13.7. The van der Waals surface area contributed by atoms with Gasteiger partial charge in [0.25, 0.3) is 0 Å². The summed E-state index contributed by atoms with van der Waals surface area (Å²) in [7, 11) is 0. The van der Waals surface area contributed by atoms with Gasteiger partial charge in [0.2, 0.25) is 0 Å². The molecular formula is C57H41N3. The van der Waals surface area contributed by atoms with E-state index in [0.717, 1.165) is 38.2 Å². The fourth-order valence-electron chi connectivity index (χ4n) is 9.79. The highest BCUT2D eigenvalue weighted by Crippen LogP contribution is 2.52. The third-order valence-electron chi connectivity index (χ3n) is 12.6. The lowest BCUT2D eigenvalue weighted by molar-refractivity contribution is 0.656. The van der Waals surface area contributed by atoms with Gasteiger partial charge in [-0.1, -0.05) is 184 Å². The zero-order chi connectivity index (χ0) is 40.5. The number of rotatable bonds is 6. The van der Waals surface area contributed by atoms with Gasteiger partial charge < -0.3 is 0 Å². The standard InChI is InChI=1S/C57H41N3/c1-5-14-48-50-22-13-21-49(53(50)57(3,4)52(48)6-2)47-31-32-51(46-20-12-11-19-45(46)47)56-59-54(39-27-29-43-37(33-39)25-23-35-15-7-9-17-41(35)43)58-55(60-56)40-28-30-44-38(34-40)26-24-36-16-8-10-18-42(36)44/h5-34H,2H2,1,3-4H3/b14-5-. The predicted octanol–water partition coefficient (Wildman–Crippen LogP) is 15.1. The Bertz CT molecular complexity index is 3360. The van der Waals surface area contributed by atoms with Crippen molar-refractivity contribution in [2.24, 2.45) is 0 Å². The maximum absolute atomic E-state index is 5.31. The Morgan fingerprint density at radius 3 is 1.50 bits per heavy atom. The zero-order valence-electron chi connectivity index (χ0n) is 33.9. The molecule has 60 heavy (non-hydrogen) atoms. The molecule has 11 rings (SSSR count). The van der Waals surface area contributed by atoms with Crippen LogP contribution >= 0.6 is 0 Å². The van der Waals surface area contributed by atoms with Gasteiger partial charge in [0.1, 0.15) is 0 Å². The second kappa shape index (κ2) is 13.8. The average molecular weight is 768 g/mol. The molecule has 1 aromatic heterocycles. The average Bonchev–Trinajstić information content (AvgIpc) is 3.52. The molecule has 1 heterocycles. The molecule has 0 atom stereocenters. The first-order valence-corrected chi connectivity index (χ1v) is 20.7. The summed E-state index contributed by atoms with van der Waals surface area (Å²) in [5, 5.41) is 11.9. The molecule has 0 bridgehead atoms. The van der Waals surface area contributed by atoms with Gasteiger partial charge >= 0.3 is 0 Å². The number of aromatic nitrogens is 3. The van der Waals surface area contributed by atoms with Gasteiger partial charge in [0.05, 0.1) is 0 Å². The van der Waals surface area contributed by atoms with Crippen LogP contribution in [0.4, 0.5) is 0 Å². The highest BCUT2D eigenvalue weighted by molar-refractivity contribution is 6.10. The number of benzene rings is 9. The molecule has 0 fully saturated rings. The van der Waals surface area contributed by atoms with Crippen LogP contribution in [0.15, 0.2) is 194 Å². The van der Waals surface area contributed by atoms with Crippen molar-refractivity contribution < 1.29 is 0 Å². The van der Waals surface area contributed by atoms with Crippen molar-refractivity contribution in [3.8, 4) is 45.3 Å². The van der Waals surface area contributed by atoms with Crippen LogP contribution in [0, 0.1) is 0 Å². The summed E-state index contributed by atoms with van der Waals surface area (Å²) in [6.45, 7) is 11.0. The largest absolute Gasteiger partial charge is 0.208 e. The minimum Gasteiger partial charge on any atom is -0.208 e. The van der Waals surface area contributed by atoms with Gasteiger partial charge in [-0.25, -0.2) is 15.0 Å². The van der Waals surface area contributed by atoms with Gasteiger partial charge in [0, 0.05) is 22.1 Å². The summed E-state index contributed by atoms with van der Waals surface area (Å²) in [6, 6.07) is 58.8. The van der Waals surface area contributed by atoms with Crippen molar-refractivity contribution in [1.82, 2.24) is 15.0 Å². The Kier molecular flexibility index (Phi) is 8.21. The quantitative estimate of drug-likeness (QED) is 0.158. The van der Waals surface area contributed by atoms with Crippen LogP contribution in [0.25, 0.3) is 105 Å². The number of hydrogen-bond donors (Lipinski definition) is 0. The van der Waals surface area contributed by atoms with Crippen LogP contribution in [0.2, 0.25) is 0 Å². The van der Waals surface area contributed by atoms with Gasteiger partial charge in [-0.2, -0.15) is 0 Å². The van der Waals surface area contributed by atoms with Crippen molar-refractivity contribution >= 4 is 59.4 Å². The maximum atomic E-state index is 5.31. The van der Waals surface area contributed by atoms with E-state index in [1.165, 1.54) is 65.7 Å². The van der Waals surface area contributed by atoms with Crippen molar-refractivity contribution in [2.45, 2.75) is 26.2 Å². The van der Waals surface area contributed by atoms with Crippen LogP contribution in [-0.4, -0.2) is 15.0 Å². The first-order valence-electron chi connectivity index (χ1n) is 20.7. The molecule has 9 aromatic carbocycles. The molecule has 3 heteroatoms. The second-order valence-corrected chi connectivity index (χ2v) is 16.3. The molecule has 0 spiro atoms. The molecule has 0 radical (unpaired) electrons. The lowest BCUT2D eigenvalue weighted by atomic mass is 9.77. The topological polar surface area (TPSA) is 38.7 Å². The van der Waals surface area contributed by atoms with Crippen molar-refractivity contribution in [3.05, 3.63) is 205 Å². The van der Waals surface area contributed by atoms with Crippen LogP contribution in [0.5, 0.6) is 0 Å². The number of allylic oxidation sites excluding steroid dienone is 5. The predicted molar refractivity (Wildman–Crippen MR) is 254 cm³/mol.